The monoisotopic (exact) mass is 255 g/mol. The third-order valence-electron chi connectivity index (χ3n) is 2.39. The highest BCUT2D eigenvalue weighted by molar-refractivity contribution is 5.31. The third kappa shape index (κ3) is 2.45. The van der Waals surface area contributed by atoms with E-state index in [0.717, 1.165) is 12.1 Å². The molecule has 0 spiro atoms. The number of ether oxygens (including phenoxy) is 1. The first-order valence-corrected chi connectivity index (χ1v) is 5.20. The molecule has 96 valence electrons. The van der Waals surface area contributed by atoms with Crippen molar-refractivity contribution in [2.75, 3.05) is 0 Å². The molecule has 0 atom stereocenters. The second-order valence-electron chi connectivity index (χ2n) is 3.68. The first kappa shape index (κ1) is 12.4. The zero-order chi connectivity index (χ0) is 13.1. The topological polar surface area (TPSA) is 74.2 Å². The van der Waals surface area contributed by atoms with Crippen molar-refractivity contribution in [1.29, 1.82) is 0 Å². The van der Waals surface area contributed by atoms with Crippen molar-refractivity contribution >= 4 is 0 Å². The summed E-state index contributed by atoms with van der Waals surface area (Å²) in [5, 5.41) is 7.08. The average molecular weight is 255 g/mol. The van der Waals surface area contributed by atoms with Gasteiger partial charge in [-0.05, 0) is 24.6 Å². The number of benzene rings is 1. The second-order valence-corrected chi connectivity index (χ2v) is 3.68. The summed E-state index contributed by atoms with van der Waals surface area (Å²) in [7, 11) is 0. The summed E-state index contributed by atoms with van der Waals surface area (Å²) >= 11 is 0. The Bertz CT molecular complexity index is 534. The number of aryl methyl sites for hydroxylation is 1. The molecule has 0 aliphatic heterocycles. The summed E-state index contributed by atoms with van der Waals surface area (Å²) in [6, 6.07) is 2.26. The number of hydrogen-bond acceptors (Lipinski definition) is 5. The van der Waals surface area contributed by atoms with Crippen LogP contribution in [0.1, 0.15) is 17.0 Å². The quantitative estimate of drug-likeness (QED) is 0.899. The van der Waals surface area contributed by atoms with E-state index in [1.54, 1.807) is 6.92 Å². The lowest BCUT2D eigenvalue weighted by atomic mass is 10.2. The predicted octanol–water partition coefficient (Wildman–Crippen LogP) is 1.69. The Labute approximate surface area is 102 Å². The molecule has 0 unspecified atom stereocenters. The Morgan fingerprint density at radius 2 is 1.94 bits per heavy atom. The fourth-order valence-corrected chi connectivity index (χ4v) is 1.39. The highest BCUT2D eigenvalue weighted by atomic mass is 19.1. The number of nitrogens with two attached hydrogens (primary N) is 1. The van der Waals surface area contributed by atoms with Crippen LogP contribution in [0.2, 0.25) is 0 Å². The first-order valence-electron chi connectivity index (χ1n) is 5.20. The Kier molecular flexibility index (Phi) is 3.52. The predicted molar refractivity (Wildman–Crippen MR) is 57.6 cm³/mol. The van der Waals surface area contributed by atoms with Gasteiger partial charge in [0.15, 0.2) is 17.4 Å². The van der Waals surface area contributed by atoms with Crippen LogP contribution in [0, 0.1) is 18.6 Å². The largest absolute Gasteiger partial charge is 0.481 e. The first-order chi connectivity index (χ1) is 8.61. The molecule has 0 saturated heterocycles. The molecule has 0 saturated carbocycles. The van der Waals surface area contributed by atoms with Crippen LogP contribution >= 0.6 is 0 Å². The van der Waals surface area contributed by atoms with E-state index in [1.807, 2.05) is 0 Å². The summed E-state index contributed by atoms with van der Waals surface area (Å²) in [6.45, 7) is 1.59. The molecule has 1 aromatic carbocycles. The number of nitrogens with zero attached hydrogens (tertiary/aromatic N) is 2. The van der Waals surface area contributed by atoms with Crippen molar-refractivity contribution in [3.63, 3.8) is 0 Å². The van der Waals surface area contributed by atoms with Gasteiger partial charge in [0, 0.05) is 6.54 Å². The van der Waals surface area contributed by atoms with E-state index in [1.165, 1.54) is 0 Å². The molecule has 0 aliphatic carbocycles. The highest BCUT2D eigenvalue weighted by Gasteiger charge is 2.14. The maximum absolute atomic E-state index is 13.5. The lowest BCUT2D eigenvalue weighted by Gasteiger charge is -2.08. The van der Waals surface area contributed by atoms with Crippen molar-refractivity contribution in [3.05, 3.63) is 40.7 Å². The fraction of sp³-hybridized carbons (Fsp3) is 0.273. The molecule has 0 radical (unpaired) electrons. The van der Waals surface area contributed by atoms with Crippen LogP contribution in [-0.4, -0.2) is 10.3 Å². The van der Waals surface area contributed by atoms with E-state index in [-0.39, 0.29) is 13.2 Å². The minimum atomic E-state index is -0.801. The number of halogens is 2. The molecule has 5 nitrogen and oxygen atoms in total. The van der Waals surface area contributed by atoms with Crippen LogP contribution in [0.15, 0.2) is 16.8 Å². The van der Waals surface area contributed by atoms with Crippen molar-refractivity contribution < 1.29 is 18.1 Å². The van der Waals surface area contributed by atoms with E-state index in [4.69, 9.17) is 10.5 Å². The van der Waals surface area contributed by atoms with Crippen LogP contribution in [0.25, 0.3) is 0 Å². The Balaban J connectivity index is 2.17. The molecule has 7 heteroatoms. The number of aromatic nitrogens is 2. The maximum atomic E-state index is 13.5. The Hall–Kier alpha value is -2.02. The second kappa shape index (κ2) is 5.09. The zero-order valence-electron chi connectivity index (χ0n) is 9.61. The molecular formula is C11H11F2N3O2. The normalized spacial score (nSPS) is 10.7. The Morgan fingerprint density at radius 3 is 2.44 bits per heavy atom. The zero-order valence-corrected chi connectivity index (χ0v) is 9.61. The SMILES string of the molecule is Cc1nonc1COc1c(F)cc(CN)cc1F. The Morgan fingerprint density at radius 1 is 1.28 bits per heavy atom. The molecule has 1 heterocycles. The van der Waals surface area contributed by atoms with Gasteiger partial charge in [-0.1, -0.05) is 10.3 Å². The molecule has 0 bridgehead atoms. The molecule has 0 fully saturated rings. The van der Waals surface area contributed by atoms with Crippen LogP contribution in [-0.2, 0) is 13.2 Å². The summed E-state index contributed by atoms with van der Waals surface area (Å²) < 4.78 is 36.6. The number of hydrogen-bond donors (Lipinski definition) is 1. The van der Waals surface area contributed by atoms with Gasteiger partial charge in [-0.15, -0.1) is 0 Å². The van der Waals surface area contributed by atoms with Crippen LogP contribution in [0.4, 0.5) is 8.78 Å². The van der Waals surface area contributed by atoms with Gasteiger partial charge in [-0.25, -0.2) is 13.4 Å². The highest BCUT2D eigenvalue weighted by Crippen LogP contribution is 2.24. The molecule has 0 aliphatic rings. The van der Waals surface area contributed by atoms with Crippen LogP contribution in [0.5, 0.6) is 5.75 Å². The van der Waals surface area contributed by atoms with Crippen molar-refractivity contribution in [2.24, 2.45) is 5.73 Å². The van der Waals surface area contributed by atoms with Gasteiger partial charge >= 0.3 is 0 Å². The smallest absolute Gasteiger partial charge is 0.191 e. The molecule has 2 aromatic rings. The molecule has 0 amide bonds. The summed E-state index contributed by atoms with van der Waals surface area (Å²) in [4.78, 5) is 0. The molecule has 18 heavy (non-hydrogen) atoms. The third-order valence-corrected chi connectivity index (χ3v) is 2.39. The molecule has 1 aromatic heterocycles. The van der Waals surface area contributed by atoms with E-state index in [2.05, 4.69) is 14.9 Å². The van der Waals surface area contributed by atoms with Gasteiger partial charge in [0.2, 0.25) is 0 Å². The van der Waals surface area contributed by atoms with Gasteiger partial charge in [0.1, 0.15) is 18.0 Å². The molecule has 2 rings (SSSR count). The van der Waals surface area contributed by atoms with E-state index < -0.39 is 17.4 Å². The fourth-order valence-electron chi connectivity index (χ4n) is 1.39. The summed E-state index contributed by atoms with van der Waals surface area (Å²) in [5.74, 6) is -2.07. The van der Waals surface area contributed by atoms with Gasteiger partial charge < -0.3 is 10.5 Å². The van der Waals surface area contributed by atoms with Crippen molar-refractivity contribution in [1.82, 2.24) is 10.3 Å². The number of rotatable bonds is 4. The lowest BCUT2D eigenvalue weighted by Crippen LogP contribution is -2.04. The van der Waals surface area contributed by atoms with Gasteiger partial charge in [-0.3, -0.25) is 0 Å². The van der Waals surface area contributed by atoms with Gasteiger partial charge in [-0.2, -0.15) is 0 Å². The van der Waals surface area contributed by atoms with E-state index in [0.29, 0.717) is 17.0 Å². The van der Waals surface area contributed by atoms with Gasteiger partial charge in [0.25, 0.3) is 0 Å². The molecule has 2 N–H and O–H groups in total. The summed E-state index contributed by atoms with van der Waals surface area (Å²) in [5.41, 5.74) is 6.56. The maximum Gasteiger partial charge on any atom is 0.191 e. The average Bonchev–Trinajstić information content (AvgIpc) is 2.73. The van der Waals surface area contributed by atoms with E-state index >= 15 is 0 Å². The lowest BCUT2D eigenvalue weighted by molar-refractivity contribution is 0.252. The summed E-state index contributed by atoms with van der Waals surface area (Å²) in [6.07, 6.45) is 0. The minimum Gasteiger partial charge on any atom is -0.481 e. The van der Waals surface area contributed by atoms with Gasteiger partial charge in [0.05, 0.1) is 0 Å². The standard InChI is InChI=1S/C11H11F2N3O2/c1-6-10(16-18-15-6)5-17-11-8(12)2-7(4-14)3-9(11)13/h2-3H,4-5,14H2,1H3. The van der Waals surface area contributed by atoms with Crippen LogP contribution in [0.3, 0.4) is 0 Å². The minimum absolute atomic E-state index is 0.0560. The van der Waals surface area contributed by atoms with Crippen LogP contribution < -0.4 is 10.5 Å². The molecular weight excluding hydrogens is 244 g/mol. The van der Waals surface area contributed by atoms with Crippen molar-refractivity contribution in [3.8, 4) is 5.75 Å². The van der Waals surface area contributed by atoms with Crippen molar-refractivity contribution in [2.45, 2.75) is 20.1 Å². The van der Waals surface area contributed by atoms with E-state index in [9.17, 15) is 8.78 Å².